The fraction of sp³-hybridized carbons (Fsp3) is 1.00. The van der Waals surface area contributed by atoms with Gasteiger partial charge in [0.15, 0.2) is 0 Å². The highest BCUT2D eigenvalue weighted by molar-refractivity contribution is 4.77. The zero-order chi connectivity index (χ0) is 11.1. The van der Waals surface area contributed by atoms with E-state index in [0.29, 0.717) is 6.61 Å². The van der Waals surface area contributed by atoms with Crippen LogP contribution >= 0.6 is 0 Å². The summed E-state index contributed by atoms with van der Waals surface area (Å²) in [4.78, 5) is 2.55. The molecule has 1 atom stereocenters. The molecule has 0 aromatic heterocycles. The van der Waals surface area contributed by atoms with Crippen molar-refractivity contribution in [2.75, 3.05) is 26.2 Å². The molecule has 0 amide bonds. The van der Waals surface area contributed by atoms with Gasteiger partial charge in [0.2, 0.25) is 0 Å². The molecule has 1 saturated heterocycles. The first-order valence-electron chi connectivity index (χ1n) is 6.53. The van der Waals surface area contributed by atoms with Crippen molar-refractivity contribution in [3.05, 3.63) is 0 Å². The molecule has 15 heavy (non-hydrogen) atoms. The summed E-state index contributed by atoms with van der Waals surface area (Å²) in [5.74, 6) is 0. The maximum atomic E-state index is 9.42. The number of hydrogen-bond acceptors (Lipinski definition) is 2. The Labute approximate surface area is 94.7 Å². The number of likely N-dealkylation sites (tertiary alicyclic amines) is 1. The minimum absolute atomic E-state index is 0.110. The molecule has 2 heteroatoms. The summed E-state index contributed by atoms with van der Waals surface area (Å²) < 4.78 is 0. The number of hydrogen-bond donors (Lipinski definition) is 1. The van der Waals surface area contributed by atoms with Crippen LogP contribution in [0.1, 0.15) is 52.4 Å². The van der Waals surface area contributed by atoms with Gasteiger partial charge in [-0.2, -0.15) is 0 Å². The molecule has 90 valence electrons. The molecule has 1 fully saturated rings. The first kappa shape index (κ1) is 13.0. The molecule has 1 rings (SSSR count). The zero-order valence-electron chi connectivity index (χ0n) is 10.5. The maximum Gasteiger partial charge on any atom is 0.0496 e. The maximum absolute atomic E-state index is 9.42. The van der Waals surface area contributed by atoms with E-state index in [9.17, 15) is 5.11 Å². The van der Waals surface area contributed by atoms with Crippen molar-refractivity contribution in [1.29, 1.82) is 0 Å². The van der Waals surface area contributed by atoms with E-state index in [1.54, 1.807) is 0 Å². The van der Waals surface area contributed by atoms with Crippen LogP contribution in [0.15, 0.2) is 0 Å². The SMILES string of the molecule is CCC(C)(CO)CN1CCCCCCC1. The molecule has 1 unspecified atom stereocenters. The summed E-state index contributed by atoms with van der Waals surface area (Å²) in [5, 5.41) is 9.42. The summed E-state index contributed by atoms with van der Waals surface area (Å²) in [6, 6.07) is 0. The van der Waals surface area contributed by atoms with Gasteiger partial charge in [0.25, 0.3) is 0 Å². The number of rotatable bonds is 4. The Kier molecular flexibility index (Phi) is 5.62. The van der Waals surface area contributed by atoms with Crippen LogP contribution in [0.2, 0.25) is 0 Å². The van der Waals surface area contributed by atoms with Gasteiger partial charge in [-0.05, 0) is 32.4 Å². The fourth-order valence-corrected chi connectivity index (χ4v) is 2.28. The van der Waals surface area contributed by atoms with E-state index in [2.05, 4.69) is 18.7 Å². The Hall–Kier alpha value is -0.0800. The lowest BCUT2D eigenvalue weighted by atomic mass is 9.87. The lowest BCUT2D eigenvalue weighted by molar-refractivity contribution is 0.0806. The molecule has 2 nitrogen and oxygen atoms in total. The van der Waals surface area contributed by atoms with Crippen molar-refractivity contribution < 1.29 is 5.11 Å². The summed E-state index contributed by atoms with van der Waals surface area (Å²) >= 11 is 0. The van der Waals surface area contributed by atoms with Crippen molar-refractivity contribution in [3.8, 4) is 0 Å². The molecule has 0 aromatic rings. The average molecular weight is 213 g/mol. The lowest BCUT2D eigenvalue weighted by Crippen LogP contribution is -2.39. The van der Waals surface area contributed by atoms with Crippen LogP contribution in [0, 0.1) is 5.41 Å². The molecule has 1 heterocycles. The summed E-state index contributed by atoms with van der Waals surface area (Å²) in [7, 11) is 0. The minimum Gasteiger partial charge on any atom is -0.396 e. The molecule has 1 aliphatic rings. The number of aliphatic hydroxyl groups excluding tert-OH is 1. The quantitative estimate of drug-likeness (QED) is 0.776. The first-order valence-corrected chi connectivity index (χ1v) is 6.53. The van der Waals surface area contributed by atoms with Crippen LogP contribution in [0.4, 0.5) is 0 Å². The monoisotopic (exact) mass is 213 g/mol. The van der Waals surface area contributed by atoms with Crippen LogP contribution in [-0.2, 0) is 0 Å². The van der Waals surface area contributed by atoms with Crippen molar-refractivity contribution in [2.24, 2.45) is 5.41 Å². The second-order valence-corrected chi connectivity index (χ2v) is 5.37. The molecule has 0 bridgehead atoms. The summed E-state index contributed by atoms with van der Waals surface area (Å²) in [5.41, 5.74) is 0.110. The Morgan fingerprint density at radius 2 is 1.60 bits per heavy atom. The lowest BCUT2D eigenvalue weighted by Gasteiger charge is -2.34. The Morgan fingerprint density at radius 1 is 1.07 bits per heavy atom. The van der Waals surface area contributed by atoms with Crippen LogP contribution < -0.4 is 0 Å². The molecule has 0 spiro atoms. The van der Waals surface area contributed by atoms with E-state index in [-0.39, 0.29) is 5.41 Å². The van der Waals surface area contributed by atoms with Crippen LogP contribution in [0.3, 0.4) is 0 Å². The second kappa shape index (κ2) is 6.49. The predicted octanol–water partition coefficient (Wildman–Crippen LogP) is 2.66. The Morgan fingerprint density at radius 3 is 2.07 bits per heavy atom. The molecule has 0 saturated carbocycles. The molecule has 0 aliphatic carbocycles. The Balaban J connectivity index is 2.39. The van der Waals surface area contributed by atoms with Gasteiger partial charge in [0.05, 0.1) is 0 Å². The molecular weight excluding hydrogens is 186 g/mol. The Bertz CT molecular complexity index is 158. The van der Waals surface area contributed by atoms with Crippen molar-refractivity contribution in [2.45, 2.75) is 52.4 Å². The summed E-state index contributed by atoms with van der Waals surface area (Å²) in [6.07, 6.45) is 7.94. The van der Waals surface area contributed by atoms with Crippen molar-refractivity contribution in [3.63, 3.8) is 0 Å². The van der Waals surface area contributed by atoms with E-state index in [4.69, 9.17) is 0 Å². The number of aliphatic hydroxyl groups is 1. The van der Waals surface area contributed by atoms with Crippen molar-refractivity contribution in [1.82, 2.24) is 4.90 Å². The van der Waals surface area contributed by atoms with Gasteiger partial charge < -0.3 is 10.0 Å². The van der Waals surface area contributed by atoms with E-state index < -0.39 is 0 Å². The van der Waals surface area contributed by atoms with Crippen LogP contribution in [-0.4, -0.2) is 36.2 Å². The van der Waals surface area contributed by atoms with Gasteiger partial charge in [-0.3, -0.25) is 0 Å². The topological polar surface area (TPSA) is 23.5 Å². The predicted molar refractivity (Wildman–Crippen MR) is 65.0 cm³/mol. The molecule has 1 N–H and O–H groups in total. The van der Waals surface area contributed by atoms with E-state index in [1.807, 2.05) is 0 Å². The number of nitrogens with zero attached hydrogens (tertiary/aromatic N) is 1. The normalized spacial score (nSPS) is 24.2. The van der Waals surface area contributed by atoms with Gasteiger partial charge in [0, 0.05) is 18.6 Å². The third kappa shape index (κ3) is 4.52. The molecule has 1 aliphatic heterocycles. The van der Waals surface area contributed by atoms with E-state index >= 15 is 0 Å². The summed E-state index contributed by atoms with van der Waals surface area (Å²) in [6.45, 7) is 8.23. The highest BCUT2D eigenvalue weighted by Crippen LogP contribution is 2.23. The molecule has 0 radical (unpaired) electrons. The zero-order valence-corrected chi connectivity index (χ0v) is 10.5. The van der Waals surface area contributed by atoms with Gasteiger partial charge in [-0.25, -0.2) is 0 Å². The molecular formula is C13H27NO. The first-order chi connectivity index (χ1) is 7.20. The fourth-order valence-electron chi connectivity index (χ4n) is 2.28. The van der Waals surface area contributed by atoms with Gasteiger partial charge >= 0.3 is 0 Å². The molecule has 0 aromatic carbocycles. The highest BCUT2D eigenvalue weighted by atomic mass is 16.3. The van der Waals surface area contributed by atoms with Crippen molar-refractivity contribution >= 4 is 0 Å². The largest absolute Gasteiger partial charge is 0.396 e. The van der Waals surface area contributed by atoms with Gasteiger partial charge in [-0.15, -0.1) is 0 Å². The van der Waals surface area contributed by atoms with Gasteiger partial charge in [0.1, 0.15) is 0 Å². The van der Waals surface area contributed by atoms with Gasteiger partial charge in [-0.1, -0.05) is 33.1 Å². The average Bonchev–Trinajstić information content (AvgIpc) is 2.22. The van der Waals surface area contributed by atoms with Crippen LogP contribution in [0.5, 0.6) is 0 Å². The van der Waals surface area contributed by atoms with E-state index in [1.165, 1.54) is 45.2 Å². The minimum atomic E-state index is 0.110. The van der Waals surface area contributed by atoms with Crippen LogP contribution in [0.25, 0.3) is 0 Å². The smallest absolute Gasteiger partial charge is 0.0496 e. The third-order valence-electron chi connectivity index (χ3n) is 3.79. The highest BCUT2D eigenvalue weighted by Gasteiger charge is 2.24. The standard InChI is InChI=1S/C13H27NO/c1-3-13(2,12-15)11-14-9-7-5-4-6-8-10-14/h15H,3-12H2,1-2H3. The second-order valence-electron chi connectivity index (χ2n) is 5.37. The van der Waals surface area contributed by atoms with E-state index in [0.717, 1.165) is 13.0 Å². The third-order valence-corrected chi connectivity index (χ3v) is 3.79.